The third-order valence-corrected chi connectivity index (χ3v) is 0.942. The minimum absolute atomic E-state index is 0.487. The van der Waals surface area contributed by atoms with E-state index in [1.165, 1.54) is 18.3 Å². The molecular weight excluding hydrogens is 125 g/mol. The third-order valence-electron chi connectivity index (χ3n) is 0.700. The summed E-state index contributed by atoms with van der Waals surface area (Å²) >= 11 is 4.64. The predicted octanol–water partition coefficient (Wildman–Crippen LogP) is 1.78. The summed E-state index contributed by atoms with van der Waals surface area (Å²) in [6.45, 7) is 0. The zero-order chi connectivity index (χ0) is 5.98. The Labute approximate surface area is 52.0 Å². The van der Waals surface area contributed by atoms with Crippen molar-refractivity contribution in [1.82, 2.24) is 4.98 Å². The Morgan fingerprint density at radius 1 is 1.50 bits per heavy atom. The van der Waals surface area contributed by atoms with Crippen LogP contribution in [0.25, 0.3) is 0 Å². The van der Waals surface area contributed by atoms with Crippen LogP contribution in [0.4, 0.5) is 4.39 Å². The fourth-order valence-corrected chi connectivity index (χ4v) is 0.483. The van der Waals surface area contributed by atoms with Crippen LogP contribution in [-0.2, 0) is 0 Å². The number of rotatable bonds is 0. The van der Waals surface area contributed by atoms with E-state index >= 15 is 0 Å². The molecule has 8 heavy (non-hydrogen) atoms. The summed E-state index contributed by atoms with van der Waals surface area (Å²) in [5.41, 5.74) is 0. The summed E-state index contributed by atoms with van der Waals surface area (Å²) in [7, 11) is 0. The number of hydrogen-bond acceptors (Lipinski definition) is 1. The van der Waals surface area contributed by atoms with Crippen LogP contribution >= 0.6 is 12.6 Å². The lowest BCUT2D eigenvalue weighted by atomic mass is 10.5. The highest BCUT2D eigenvalue weighted by molar-refractivity contribution is 7.80. The van der Waals surface area contributed by atoms with E-state index < -0.39 is 5.95 Å². The molecule has 1 heterocycles. The third kappa shape index (κ3) is 1.13. The van der Waals surface area contributed by atoms with Crippen molar-refractivity contribution in [1.29, 1.82) is 0 Å². The highest BCUT2D eigenvalue weighted by atomic mass is 32.1. The van der Waals surface area contributed by atoms with Gasteiger partial charge in [-0.25, -0.2) is 4.98 Å². The summed E-state index contributed by atoms with van der Waals surface area (Å²) in [6, 6.07) is 2.74. The molecule has 0 unspecified atom stereocenters. The molecule has 1 radical (unpaired) electrons. The second-order valence-electron chi connectivity index (χ2n) is 1.32. The molecule has 0 aliphatic rings. The average Bonchev–Trinajstić information content (AvgIpc) is 1.77. The molecule has 0 aliphatic heterocycles. The molecule has 1 aromatic rings. The van der Waals surface area contributed by atoms with Crippen molar-refractivity contribution in [2.24, 2.45) is 0 Å². The molecule has 0 aromatic carbocycles. The van der Waals surface area contributed by atoms with Gasteiger partial charge in [0.2, 0.25) is 5.95 Å². The van der Waals surface area contributed by atoms with E-state index in [0.29, 0.717) is 4.90 Å². The van der Waals surface area contributed by atoms with Crippen LogP contribution in [0.1, 0.15) is 0 Å². The average molecular weight is 128 g/mol. The van der Waals surface area contributed by atoms with Crippen LogP contribution in [0.15, 0.2) is 23.2 Å². The normalized spacial score (nSPS) is 9.12. The zero-order valence-corrected chi connectivity index (χ0v) is 4.78. The Morgan fingerprint density at radius 2 is 2.25 bits per heavy atom. The summed E-state index contributed by atoms with van der Waals surface area (Å²) in [6.07, 6.45) is 1.31. The molecule has 41 valence electrons. The summed E-state index contributed by atoms with van der Waals surface area (Å²) in [5, 5.41) is 0. The molecule has 1 rings (SSSR count). The van der Waals surface area contributed by atoms with Crippen LogP contribution in [0.5, 0.6) is 0 Å². The number of nitrogens with zero attached hydrogens (tertiary/aromatic N) is 1. The Morgan fingerprint density at radius 3 is 2.62 bits per heavy atom. The van der Waals surface area contributed by atoms with E-state index in [1.54, 1.807) is 0 Å². The molecule has 0 atom stereocenters. The van der Waals surface area contributed by atoms with Crippen molar-refractivity contribution in [2.45, 2.75) is 4.90 Å². The molecule has 0 saturated carbocycles. The maximum Gasteiger partial charge on any atom is 0.212 e. The van der Waals surface area contributed by atoms with Crippen molar-refractivity contribution < 1.29 is 4.39 Å². The molecule has 0 bridgehead atoms. The molecule has 0 aliphatic carbocycles. The van der Waals surface area contributed by atoms with Crippen molar-refractivity contribution >= 4 is 12.6 Å². The lowest BCUT2D eigenvalue weighted by Crippen LogP contribution is -1.77. The van der Waals surface area contributed by atoms with Crippen LogP contribution in [0.2, 0.25) is 0 Å². The Kier molecular flexibility index (Phi) is 1.39. The Bertz CT molecular complexity index is 151. The van der Waals surface area contributed by atoms with Gasteiger partial charge in [-0.3, -0.25) is 0 Å². The van der Waals surface area contributed by atoms with Gasteiger partial charge in [0.1, 0.15) is 0 Å². The van der Waals surface area contributed by atoms with Gasteiger partial charge in [0.25, 0.3) is 0 Å². The van der Waals surface area contributed by atoms with Gasteiger partial charge in [-0.15, -0.1) is 0 Å². The molecule has 0 fully saturated rings. The molecule has 0 N–H and O–H groups in total. The van der Waals surface area contributed by atoms with Crippen molar-refractivity contribution in [3.8, 4) is 0 Å². The lowest BCUT2D eigenvalue weighted by Gasteiger charge is -1.84. The molecule has 0 amide bonds. The van der Waals surface area contributed by atoms with E-state index in [1.807, 2.05) is 0 Å². The molecular formula is C5H3FNS. The number of aromatic nitrogens is 1. The summed E-state index contributed by atoms with van der Waals surface area (Å²) in [5.74, 6) is -0.487. The van der Waals surface area contributed by atoms with E-state index in [4.69, 9.17) is 0 Å². The molecule has 1 aromatic heterocycles. The van der Waals surface area contributed by atoms with Gasteiger partial charge in [-0.1, -0.05) is 12.6 Å². The predicted molar refractivity (Wildman–Crippen MR) is 30.1 cm³/mol. The fraction of sp³-hybridized carbons (Fsp3) is 0. The largest absolute Gasteiger partial charge is 0.227 e. The highest BCUT2D eigenvalue weighted by Crippen LogP contribution is 2.01. The monoisotopic (exact) mass is 128 g/mol. The summed E-state index contributed by atoms with van der Waals surface area (Å²) in [4.78, 5) is 3.87. The van der Waals surface area contributed by atoms with Crippen LogP contribution in [-0.4, -0.2) is 4.98 Å². The van der Waals surface area contributed by atoms with Gasteiger partial charge in [0.15, 0.2) is 0 Å². The molecule has 0 spiro atoms. The SMILES string of the molecule is Fc1ccc([S])cn1. The zero-order valence-electron chi connectivity index (χ0n) is 3.97. The van der Waals surface area contributed by atoms with E-state index in [2.05, 4.69) is 17.6 Å². The minimum Gasteiger partial charge on any atom is -0.227 e. The van der Waals surface area contributed by atoms with E-state index in [-0.39, 0.29) is 0 Å². The maximum atomic E-state index is 11.9. The first-order chi connectivity index (χ1) is 3.79. The van der Waals surface area contributed by atoms with Crippen molar-refractivity contribution in [3.05, 3.63) is 24.3 Å². The van der Waals surface area contributed by atoms with Crippen LogP contribution in [0, 0.1) is 5.95 Å². The molecule has 1 nitrogen and oxygen atoms in total. The van der Waals surface area contributed by atoms with Crippen LogP contribution < -0.4 is 0 Å². The highest BCUT2D eigenvalue weighted by Gasteiger charge is 1.86. The number of pyridine rings is 1. The van der Waals surface area contributed by atoms with Gasteiger partial charge in [-0.05, 0) is 12.1 Å². The van der Waals surface area contributed by atoms with Gasteiger partial charge in [0, 0.05) is 6.20 Å². The van der Waals surface area contributed by atoms with E-state index in [0.717, 1.165) is 0 Å². The van der Waals surface area contributed by atoms with E-state index in [9.17, 15) is 4.39 Å². The Balaban J connectivity index is 3.03. The lowest BCUT2D eigenvalue weighted by molar-refractivity contribution is 0.581. The van der Waals surface area contributed by atoms with Gasteiger partial charge < -0.3 is 0 Å². The van der Waals surface area contributed by atoms with Crippen molar-refractivity contribution in [2.75, 3.05) is 0 Å². The second-order valence-corrected chi connectivity index (χ2v) is 1.79. The number of halogens is 1. The smallest absolute Gasteiger partial charge is 0.212 e. The first kappa shape index (κ1) is 5.44. The van der Waals surface area contributed by atoms with Gasteiger partial charge in [0.05, 0.1) is 4.90 Å². The van der Waals surface area contributed by atoms with Gasteiger partial charge >= 0.3 is 0 Å². The summed E-state index contributed by atoms with van der Waals surface area (Å²) < 4.78 is 11.9. The maximum absolute atomic E-state index is 11.9. The topological polar surface area (TPSA) is 12.9 Å². The van der Waals surface area contributed by atoms with Crippen LogP contribution in [0.3, 0.4) is 0 Å². The molecule has 3 heteroatoms. The second kappa shape index (κ2) is 2.05. The van der Waals surface area contributed by atoms with Gasteiger partial charge in [-0.2, -0.15) is 4.39 Å². The Hall–Kier alpha value is -0.700. The van der Waals surface area contributed by atoms with Crippen molar-refractivity contribution in [3.63, 3.8) is 0 Å². The molecule has 0 saturated heterocycles. The first-order valence-corrected chi connectivity index (χ1v) is 2.48. The fourth-order valence-electron chi connectivity index (χ4n) is 0.362. The standard InChI is InChI=1S/C5H3FNS/c6-5-2-1-4(8)3-7-5/h1-3H. The first-order valence-electron chi connectivity index (χ1n) is 2.07. The number of hydrogen-bond donors (Lipinski definition) is 0. The quantitative estimate of drug-likeness (QED) is 0.485. The minimum atomic E-state index is -0.487.